The Morgan fingerprint density at radius 1 is 1.14 bits per heavy atom. The van der Waals surface area contributed by atoms with E-state index in [0.29, 0.717) is 11.8 Å². The highest BCUT2D eigenvalue weighted by atomic mass is 16.5. The van der Waals surface area contributed by atoms with Gasteiger partial charge < -0.3 is 15.2 Å². The van der Waals surface area contributed by atoms with Gasteiger partial charge in [0.15, 0.2) is 0 Å². The summed E-state index contributed by atoms with van der Waals surface area (Å²) in [5, 5.41) is 12.8. The van der Waals surface area contributed by atoms with Gasteiger partial charge in [0.25, 0.3) is 0 Å². The van der Waals surface area contributed by atoms with E-state index in [4.69, 9.17) is 4.74 Å². The number of rotatable bonds is 6. The van der Waals surface area contributed by atoms with Crippen molar-refractivity contribution in [3.05, 3.63) is 53.6 Å². The lowest BCUT2D eigenvalue weighted by Gasteiger charge is -2.18. The smallest absolute Gasteiger partial charge is 0.141 e. The Bertz CT molecular complexity index is 578. The number of benzene rings is 2. The highest BCUT2D eigenvalue weighted by Crippen LogP contribution is 2.26. The molecule has 2 aromatic rings. The molecule has 0 aliphatic carbocycles. The highest BCUT2D eigenvalue weighted by Gasteiger charge is 2.07. The second-order valence-corrected chi connectivity index (χ2v) is 5.45. The fourth-order valence-corrected chi connectivity index (χ4v) is 2.32. The Balaban J connectivity index is 1.94. The van der Waals surface area contributed by atoms with Gasteiger partial charge in [0.05, 0.1) is 12.8 Å². The Labute approximate surface area is 126 Å². The van der Waals surface area contributed by atoms with Gasteiger partial charge in [-0.3, -0.25) is 0 Å². The number of phenols is 1. The summed E-state index contributed by atoms with van der Waals surface area (Å²) in [7, 11) is 1.69. The van der Waals surface area contributed by atoms with Crippen LogP contribution in [0.5, 0.6) is 11.5 Å². The van der Waals surface area contributed by atoms with Crippen molar-refractivity contribution in [2.75, 3.05) is 12.4 Å². The summed E-state index contributed by atoms with van der Waals surface area (Å²) in [6, 6.07) is 13.9. The molecule has 21 heavy (non-hydrogen) atoms. The molecule has 2 N–H and O–H groups in total. The predicted molar refractivity (Wildman–Crippen MR) is 87.2 cm³/mol. The second kappa shape index (κ2) is 7.02. The van der Waals surface area contributed by atoms with Crippen molar-refractivity contribution < 1.29 is 9.84 Å². The van der Waals surface area contributed by atoms with Crippen LogP contribution in [0.15, 0.2) is 42.5 Å². The molecular formula is C18H23NO2. The molecule has 2 aromatic carbocycles. The second-order valence-electron chi connectivity index (χ2n) is 5.45. The SMILES string of the molecule is COc1ccc(C)cc1NC(C)CCc1ccc(O)cc1. The molecule has 0 amide bonds. The van der Waals surface area contributed by atoms with E-state index in [-0.39, 0.29) is 0 Å². The summed E-state index contributed by atoms with van der Waals surface area (Å²) < 4.78 is 5.39. The van der Waals surface area contributed by atoms with Gasteiger partial charge >= 0.3 is 0 Å². The number of nitrogens with one attached hydrogen (secondary N) is 1. The predicted octanol–water partition coefficient (Wildman–Crippen LogP) is 4.14. The molecule has 1 atom stereocenters. The van der Waals surface area contributed by atoms with Crippen LogP contribution < -0.4 is 10.1 Å². The van der Waals surface area contributed by atoms with Crippen LogP contribution in [0.2, 0.25) is 0 Å². The molecule has 3 heteroatoms. The molecule has 3 nitrogen and oxygen atoms in total. The Morgan fingerprint density at radius 2 is 1.86 bits per heavy atom. The van der Waals surface area contributed by atoms with Crippen molar-refractivity contribution in [2.24, 2.45) is 0 Å². The number of phenolic OH excluding ortho intramolecular Hbond substituents is 1. The lowest BCUT2D eigenvalue weighted by atomic mass is 10.1. The zero-order valence-corrected chi connectivity index (χ0v) is 12.9. The van der Waals surface area contributed by atoms with Gasteiger partial charge in [-0.1, -0.05) is 18.2 Å². The maximum absolute atomic E-state index is 9.29. The van der Waals surface area contributed by atoms with Crippen LogP contribution in [0.3, 0.4) is 0 Å². The van der Waals surface area contributed by atoms with Crippen molar-refractivity contribution in [1.29, 1.82) is 0 Å². The molecule has 0 aromatic heterocycles. The summed E-state index contributed by atoms with van der Waals surface area (Å²) >= 11 is 0. The van der Waals surface area contributed by atoms with Crippen molar-refractivity contribution in [3.8, 4) is 11.5 Å². The third-order valence-electron chi connectivity index (χ3n) is 3.56. The number of anilines is 1. The van der Waals surface area contributed by atoms with Crippen LogP contribution in [0.25, 0.3) is 0 Å². The van der Waals surface area contributed by atoms with Gasteiger partial charge in [-0.05, 0) is 62.1 Å². The summed E-state index contributed by atoms with van der Waals surface area (Å²) in [6.07, 6.45) is 1.99. The largest absolute Gasteiger partial charge is 0.508 e. The van der Waals surface area contributed by atoms with Gasteiger partial charge in [-0.25, -0.2) is 0 Å². The first-order valence-corrected chi connectivity index (χ1v) is 7.27. The van der Waals surface area contributed by atoms with E-state index in [1.54, 1.807) is 19.2 Å². The topological polar surface area (TPSA) is 41.5 Å². The van der Waals surface area contributed by atoms with E-state index in [9.17, 15) is 5.11 Å². The first-order chi connectivity index (χ1) is 10.1. The van der Waals surface area contributed by atoms with Crippen molar-refractivity contribution in [3.63, 3.8) is 0 Å². The summed E-state index contributed by atoms with van der Waals surface area (Å²) in [6.45, 7) is 4.24. The van der Waals surface area contributed by atoms with Crippen LogP contribution in [0, 0.1) is 6.92 Å². The zero-order chi connectivity index (χ0) is 15.2. The fraction of sp³-hybridized carbons (Fsp3) is 0.333. The van der Waals surface area contributed by atoms with E-state index in [0.717, 1.165) is 24.3 Å². The lowest BCUT2D eigenvalue weighted by molar-refractivity contribution is 0.416. The fourth-order valence-electron chi connectivity index (χ4n) is 2.32. The minimum Gasteiger partial charge on any atom is -0.508 e. The van der Waals surface area contributed by atoms with E-state index in [1.807, 2.05) is 24.3 Å². The maximum Gasteiger partial charge on any atom is 0.141 e. The number of aromatic hydroxyl groups is 1. The molecule has 0 fully saturated rings. The van der Waals surface area contributed by atoms with Gasteiger partial charge in [0.1, 0.15) is 11.5 Å². The van der Waals surface area contributed by atoms with Crippen LogP contribution >= 0.6 is 0 Å². The zero-order valence-electron chi connectivity index (χ0n) is 12.9. The molecule has 0 bridgehead atoms. The van der Waals surface area contributed by atoms with Gasteiger partial charge in [0, 0.05) is 6.04 Å². The molecule has 0 radical (unpaired) electrons. The van der Waals surface area contributed by atoms with E-state index in [1.165, 1.54) is 11.1 Å². The highest BCUT2D eigenvalue weighted by molar-refractivity contribution is 5.58. The van der Waals surface area contributed by atoms with E-state index >= 15 is 0 Å². The van der Waals surface area contributed by atoms with Crippen molar-refractivity contribution >= 4 is 5.69 Å². The standard InChI is InChI=1S/C18H23NO2/c1-13-4-11-18(21-3)17(12-13)19-14(2)5-6-15-7-9-16(20)10-8-15/h4,7-12,14,19-20H,5-6H2,1-3H3. The first-order valence-electron chi connectivity index (χ1n) is 7.27. The van der Waals surface area contributed by atoms with E-state index in [2.05, 4.69) is 25.2 Å². The molecule has 0 aliphatic heterocycles. The quantitative estimate of drug-likeness (QED) is 0.838. The van der Waals surface area contributed by atoms with Gasteiger partial charge in [-0.15, -0.1) is 0 Å². The van der Waals surface area contributed by atoms with Crippen LogP contribution in [-0.4, -0.2) is 18.3 Å². The number of methoxy groups -OCH3 is 1. The monoisotopic (exact) mass is 285 g/mol. The molecular weight excluding hydrogens is 262 g/mol. The van der Waals surface area contributed by atoms with E-state index < -0.39 is 0 Å². The van der Waals surface area contributed by atoms with Crippen LogP contribution in [0.1, 0.15) is 24.5 Å². The average Bonchev–Trinajstić information content (AvgIpc) is 2.47. The summed E-state index contributed by atoms with van der Waals surface area (Å²) in [5.41, 5.74) is 3.48. The Hall–Kier alpha value is -2.16. The minimum absolute atomic E-state index is 0.314. The van der Waals surface area contributed by atoms with Crippen molar-refractivity contribution in [1.82, 2.24) is 0 Å². The number of hydrogen-bond donors (Lipinski definition) is 2. The number of aryl methyl sites for hydroxylation is 2. The molecule has 2 rings (SSSR count). The third-order valence-corrected chi connectivity index (χ3v) is 3.56. The van der Waals surface area contributed by atoms with Crippen LogP contribution in [-0.2, 0) is 6.42 Å². The first kappa shape index (κ1) is 15.2. The Kier molecular flexibility index (Phi) is 5.09. The molecule has 0 aliphatic rings. The maximum atomic E-state index is 9.29. The molecule has 112 valence electrons. The normalized spacial score (nSPS) is 12.0. The number of ether oxygens (including phenoxy) is 1. The third kappa shape index (κ3) is 4.42. The molecule has 0 spiro atoms. The summed E-state index contributed by atoms with van der Waals surface area (Å²) in [4.78, 5) is 0. The van der Waals surface area contributed by atoms with Crippen LogP contribution in [0.4, 0.5) is 5.69 Å². The summed E-state index contributed by atoms with van der Waals surface area (Å²) in [5.74, 6) is 1.19. The minimum atomic E-state index is 0.314. The average molecular weight is 285 g/mol. The van der Waals surface area contributed by atoms with Gasteiger partial charge in [0.2, 0.25) is 0 Å². The molecule has 0 saturated heterocycles. The van der Waals surface area contributed by atoms with Gasteiger partial charge in [-0.2, -0.15) is 0 Å². The number of hydrogen-bond acceptors (Lipinski definition) is 3. The Morgan fingerprint density at radius 3 is 2.52 bits per heavy atom. The molecule has 0 heterocycles. The molecule has 1 unspecified atom stereocenters. The lowest BCUT2D eigenvalue weighted by Crippen LogP contribution is -2.16. The molecule has 0 saturated carbocycles. The van der Waals surface area contributed by atoms with Crippen molar-refractivity contribution in [2.45, 2.75) is 32.7 Å².